The van der Waals surface area contributed by atoms with Crippen molar-refractivity contribution in [3.05, 3.63) is 41.1 Å². The van der Waals surface area contributed by atoms with Crippen molar-refractivity contribution in [3.8, 4) is 0 Å². The van der Waals surface area contributed by atoms with Gasteiger partial charge in [-0.3, -0.25) is 19.4 Å². The topological polar surface area (TPSA) is 64.1 Å². The Hall–Kier alpha value is -2.18. The zero-order chi connectivity index (χ0) is 20.4. The Morgan fingerprint density at radius 3 is 2.21 bits per heavy atom. The summed E-state index contributed by atoms with van der Waals surface area (Å²) in [5.41, 5.74) is 3.11. The van der Waals surface area contributed by atoms with E-state index < -0.39 is 0 Å². The molecule has 1 N–H and O–H groups in total. The number of imide groups is 1. The van der Waals surface area contributed by atoms with Crippen LogP contribution in [-0.4, -0.2) is 77.0 Å². The van der Waals surface area contributed by atoms with Crippen molar-refractivity contribution < 1.29 is 14.7 Å². The van der Waals surface area contributed by atoms with Gasteiger partial charge in [-0.05, 0) is 25.3 Å². The number of hydrogen-bond donors (Lipinski definition) is 1. The highest BCUT2D eigenvalue weighted by atomic mass is 16.3. The number of rotatable bonds is 5. The van der Waals surface area contributed by atoms with Gasteiger partial charge in [0.05, 0.1) is 12.2 Å². The van der Waals surface area contributed by atoms with Crippen molar-refractivity contribution in [3.63, 3.8) is 0 Å². The predicted octanol–water partition coefficient (Wildman–Crippen LogP) is 2.02. The number of benzene rings is 1. The monoisotopic (exact) mass is 397 g/mol. The lowest BCUT2D eigenvalue weighted by Crippen LogP contribution is -2.49. The van der Waals surface area contributed by atoms with Gasteiger partial charge < -0.3 is 10.0 Å². The standard InChI is InChI=1S/C23H31N3O3/c1-17-7-9-18(10-8-17)20-21(25-13-11-24(12-14-25)15-16-27)23(29)26(22(20)28)19-5-3-2-4-6-19/h7-10,19,27H,2-6,11-16H2,1H3. The minimum absolute atomic E-state index is 0.0253. The summed E-state index contributed by atoms with van der Waals surface area (Å²) in [5.74, 6) is -0.244. The molecule has 2 aliphatic heterocycles. The lowest BCUT2D eigenvalue weighted by molar-refractivity contribution is -0.141. The number of hydrogen-bond acceptors (Lipinski definition) is 5. The zero-order valence-electron chi connectivity index (χ0n) is 17.3. The molecule has 0 spiro atoms. The van der Waals surface area contributed by atoms with Gasteiger partial charge in [-0.15, -0.1) is 0 Å². The fraction of sp³-hybridized carbons (Fsp3) is 0.565. The third-order valence-corrected chi connectivity index (χ3v) is 6.48. The third-order valence-electron chi connectivity index (χ3n) is 6.48. The molecule has 0 atom stereocenters. The Labute approximate surface area is 172 Å². The molecule has 3 aliphatic rings. The molecule has 156 valence electrons. The fourth-order valence-corrected chi connectivity index (χ4v) is 4.82. The molecule has 2 amide bonds. The van der Waals surface area contributed by atoms with Crippen LogP contribution in [0.1, 0.15) is 43.2 Å². The highest BCUT2D eigenvalue weighted by Crippen LogP contribution is 2.36. The van der Waals surface area contributed by atoms with Crippen molar-refractivity contribution in [1.82, 2.24) is 14.7 Å². The van der Waals surface area contributed by atoms with Gasteiger partial charge in [-0.25, -0.2) is 0 Å². The lowest BCUT2D eigenvalue weighted by Gasteiger charge is -2.36. The van der Waals surface area contributed by atoms with E-state index in [4.69, 9.17) is 0 Å². The molecule has 29 heavy (non-hydrogen) atoms. The van der Waals surface area contributed by atoms with E-state index in [1.807, 2.05) is 31.2 Å². The summed E-state index contributed by atoms with van der Waals surface area (Å²) in [4.78, 5) is 32.9. The number of β-amino-alcohol motifs (C(OH)–C–C–N with tert-alkyl or cyclic N) is 1. The van der Waals surface area contributed by atoms with Gasteiger partial charge in [0.25, 0.3) is 11.8 Å². The van der Waals surface area contributed by atoms with Gasteiger partial charge in [0, 0.05) is 38.8 Å². The van der Waals surface area contributed by atoms with Gasteiger partial charge in [0.1, 0.15) is 5.70 Å². The number of piperazine rings is 1. The van der Waals surface area contributed by atoms with Gasteiger partial charge in [-0.2, -0.15) is 0 Å². The number of nitrogens with zero attached hydrogens (tertiary/aromatic N) is 3. The molecule has 0 aromatic heterocycles. The van der Waals surface area contributed by atoms with E-state index >= 15 is 0 Å². The second-order valence-corrected chi connectivity index (χ2v) is 8.41. The minimum atomic E-state index is -0.126. The summed E-state index contributed by atoms with van der Waals surface area (Å²) in [6, 6.07) is 7.95. The van der Waals surface area contributed by atoms with Gasteiger partial charge in [0.2, 0.25) is 0 Å². The zero-order valence-corrected chi connectivity index (χ0v) is 17.3. The van der Waals surface area contributed by atoms with Crippen LogP contribution in [0.4, 0.5) is 0 Å². The van der Waals surface area contributed by atoms with Crippen molar-refractivity contribution >= 4 is 17.4 Å². The average molecular weight is 398 g/mol. The highest BCUT2D eigenvalue weighted by molar-refractivity contribution is 6.35. The van der Waals surface area contributed by atoms with E-state index in [9.17, 15) is 14.7 Å². The number of aliphatic hydroxyl groups excluding tert-OH is 1. The number of carbonyl (C=O) groups excluding carboxylic acids is 2. The smallest absolute Gasteiger partial charge is 0.278 e. The van der Waals surface area contributed by atoms with Crippen molar-refractivity contribution in [2.75, 3.05) is 39.3 Å². The second kappa shape index (κ2) is 8.67. The van der Waals surface area contributed by atoms with Gasteiger partial charge >= 0.3 is 0 Å². The van der Waals surface area contributed by atoms with Crippen LogP contribution in [0.5, 0.6) is 0 Å². The first-order valence-corrected chi connectivity index (χ1v) is 10.9. The molecule has 1 saturated heterocycles. The molecule has 6 heteroatoms. The maximum absolute atomic E-state index is 13.5. The summed E-state index contributed by atoms with van der Waals surface area (Å²) < 4.78 is 0. The Kier molecular flexibility index (Phi) is 6.01. The highest BCUT2D eigenvalue weighted by Gasteiger charge is 2.45. The SMILES string of the molecule is Cc1ccc(C2=C(N3CCN(CCO)CC3)C(=O)N(C3CCCCC3)C2=O)cc1. The number of aliphatic hydroxyl groups is 1. The quantitative estimate of drug-likeness (QED) is 0.770. The number of aryl methyl sites for hydroxylation is 1. The van der Waals surface area contributed by atoms with Gasteiger partial charge in [0.15, 0.2) is 0 Å². The maximum atomic E-state index is 13.5. The molecule has 1 aliphatic carbocycles. The van der Waals surface area contributed by atoms with Crippen LogP contribution in [0.15, 0.2) is 30.0 Å². The van der Waals surface area contributed by atoms with E-state index in [1.165, 1.54) is 6.42 Å². The van der Waals surface area contributed by atoms with Crippen LogP contribution in [0.2, 0.25) is 0 Å². The molecule has 4 rings (SSSR count). The molecular weight excluding hydrogens is 366 g/mol. The van der Waals surface area contributed by atoms with Crippen molar-refractivity contribution in [2.45, 2.75) is 45.1 Å². The Bertz CT molecular complexity index is 788. The van der Waals surface area contributed by atoms with E-state index in [2.05, 4.69) is 9.80 Å². The first-order valence-electron chi connectivity index (χ1n) is 10.9. The lowest BCUT2D eigenvalue weighted by atomic mass is 9.94. The summed E-state index contributed by atoms with van der Waals surface area (Å²) in [7, 11) is 0. The summed E-state index contributed by atoms with van der Waals surface area (Å²) in [5, 5.41) is 9.19. The Morgan fingerprint density at radius 2 is 1.59 bits per heavy atom. The molecule has 2 heterocycles. The van der Waals surface area contributed by atoms with Crippen LogP contribution in [0.25, 0.3) is 5.57 Å². The Morgan fingerprint density at radius 1 is 0.931 bits per heavy atom. The molecule has 1 aromatic rings. The molecular formula is C23H31N3O3. The predicted molar refractivity (Wildman–Crippen MR) is 112 cm³/mol. The molecule has 0 unspecified atom stereocenters. The normalized spacial score (nSPS) is 22.1. The Balaban J connectivity index is 1.67. The largest absolute Gasteiger partial charge is 0.395 e. The molecule has 0 bridgehead atoms. The molecule has 0 radical (unpaired) electrons. The molecule has 6 nitrogen and oxygen atoms in total. The first kappa shape index (κ1) is 20.1. The van der Waals surface area contributed by atoms with Crippen LogP contribution in [0.3, 0.4) is 0 Å². The van der Waals surface area contributed by atoms with E-state index in [0.29, 0.717) is 30.9 Å². The van der Waals surface area contributed by atoms with Crippen molar-refractivity contribution in [1.29, 1.82) is 0 Å². The van der Waals surface area contributed by atoms with E-state index in [1.54, 1.807) is 4.90 Å². The van der Waals surface area contributed by atoms with Crippen LogP contribution in [-0.2, 0) is 9.59 Å². The summed E-state index contributed by atoms with van der Waals surface area (Å²) in [6.45, 7) is 5.79. The van der Waals surface area contributed by atoms with Crippen LogP contribution < -0.4 is 0 Å². The van der Waals surface area contributed by atoms with E-state index in [-0.39, 0.29) is 24.5 Å². The first-order chi connectivity index (χ1) is 14.1. The van der Waals surface area contributed by atoms with E-state index in [0.717, 1.165) is 49.9 Å². The summed E-state index contributed by atoms with van der Waals surface area (Å²) in [6.07, 6.45) is 5.17. The van der Waals surface area contributed by atoms with Crippen LogP contribution >= 0.6 is 0 Å². The maximum Gasteiger partial charge on any atom is 0.278 e. The molecule has 1 aromatic carbocycles. The number of amides is 2. The van der Waals surface area contributed by atoms with Crippen LogP contribution in [0, 0.1) is 6.92 Å². The second-order valence-electron chi connectivity index (χ2n) is 8.41. The minimum Gasteiger partial charge on any atom is -0.395 e. The molecule has 1 saturated carbocycles. The molecule has 2 fully saturated rings. The summed E-state index contributed by atoms with van der Waals surface area (Å²) >= 11 is 0. The fourth-order valence-electron chi connectivity index (χ4n) is 4.82. The average Bonchev–Trinajstić information content (AvgIpc) is 3.00. The van der Waals surface area contributed by atoms with Gasteiger partial charge in [-0.1, -0.05) is 49.1 Å². The van der Waals surface area contributed by atoms with Crippen molar-refractivity contribution in [2.24, 2.45) is 0 Å². The number of carbonyl (C=O) groups is 2. The third kappa shape index (κ3) is 3.96.